The molecule has 0 aliphatic carbocycles. The fourth-order valence-corrected chi connectivity index (χ4v) is 2.33. The molecule has 6 heteroatoms. The summed E-state index contributed by atoms with van der Waals surface area (Å²) in [4.78, 5) is 23.9. The first-order chi connectivity index (χ1) is 11.3. The first-order valence-corrected chi connectivity index (χ1v) is 7.29. The number of hydrogen-bond donors (Lipinski definition) is 3. The van der Waals surface area contributed by atoms with Gasteiger partial charge in [-0.25, -0.2) is 9.59 Å². The second-order valence-electron chi connectivity index (χ2n) is 5.50. The van der Waals surface area contributed by atoms with Gasteiger partial charge < -0.3 is 20.1 Å². The first kappa shape index (κ1) is 17.7. The molecule has 3 N–H and O–H groups in total. The van der Waals surface area contributed by atoms with Crippen molar-refractivity contribution in [2.24, 2.45) is 0 Å². The van der Waals surface area contributed by atoms with E-state index in [1.807, 2.05) is 0 Å². The smallest absolute Gasteiger partial charge is 0.344 e. The van der Waals surface area contributed by atoms with Crippen LogP contribution in [0.1, 0.15) is 34.6 Å². The monoisotopic (exact) mass is 330 g/mol. The summed E-state index contributed by atoms with van der Waals surface area (Å²) in [5, 5.41) is 29.5. The fraction of sp³-hybridized carbons (Fsp3) is 0.222. The molecule has 24 heavy (non-hydrogen) atoms. The minimum Gasteiger partial charge on any atom is -0.478 e. The van der Waals surface area contributed by atoms with Crippen LogP contribution in [0.5, 0.6) is 0 Å². The van der Waals surface area contributed by atoms with Gasteiger partial charge in [0.1, 0.15) is 11.9 Å². The van der Waals surface area contributed by atoms with Crippen molar-refractivity contribution in [2.75, 3.05) is 6.61 Å². The molecular formula is C18H18O6. The summed E-state index contributed by atoms with van der Waals surface area (Å²) in [6, 6.07) is 9.88. The Hall–Kier alpha value is -2.70. The maximum atomic E-state index is 12.4. The number of esters is 1. The molecule has 2 rings (SSSR count). The number of benzene rings is 2. The van der Waals surface area contributed by atoms with Crippen LogP contribution in [0.15, 0.2) is 47.7 Å². The molecule has 2 aromatic rings. The van der Waals surface area contributed by atoms with Crippen molar-refractivity contribution in [3.63, 3.8) is 0 Å². The number of ether oxygens (including phenoxy) is 1. The lowest BCUT2D eigenvalue weighted by Gasteiger charge is -2.16. The van der Waals surface area contributed by atoms with E-state index in [0.717, 1.165) is 0 Å². The van der Waals surface area contributed by atoms with E-state index in [9.17, 15) is 19.8 Å². The van der Waals surface area contributed by atoms with Gasteiger partial charge >= 0.3 is 11.9 Å². The Balaban J connectivity index is 2.50. The molecule has 0 heterocycles. The van der Waals surface area contributed by atoms with Crippen LogP contribution in [0, 0.1) is 0 Å². The van der Waals surface area contributed by atoms with E-state index in [-0.39, 0.29) is 16.9 Å². The number of aliphatic hydroxyl groups is 2. The molecule has 0 aromatic heterocycles. The highest BCUT2D eigenvalue weighted by molar-refractivity contribution is 6.07. The Bertz CT molecular complexity index is 817. The van der Waals surface area contributed by atoms with E-state index < -0.39 is 24.6 Å². The quantitative estimate of drug-likeness (QED) is 0.574. The van der Waals surface area contributed by atoms with E-state index in [0.29, 0.717) is 16.3 Å². The Kier molecular flexibility index (Phi) is 5.33. The minimum absolute atomic E-state index is 0.0907. The second kappa shape index (κ2) is 7.25. The maximum Gasteiger partial charge on any atom is 0.344 e. The molecule has 126 valence electrons. The molecule has 1 unspecified atom stereocenters. The van der Waals surface area contributed by atoms with E-state index in [1.165, 1.54) is 12.1 Å². The van der Waals surface area contributed by atoms with Gasteiger partial charge in [0.05, 0.1) is 17.7 Å². The molecule has 0 saturated carbocycles. The molecule has 1 atom stereocenters. The van der Waals surface area contributed by atoms with Crippen molar-refractivity contribution in [1.82, 2.24) is 0 Å². The molecule has 0 spiro atoms. The number of carboxylic acid groups (broad SMARTS) is 1. The lowest BCUT2D eigenvalue weighted by Crippen LogP contribution is -2.22. The van der Waals surface area contributed by atoms with Gasteiger partial charge in [0.2, 0.25) is 0 Å². The Labute approximate surface area is 138 Å². The van der Waals surface area contributed by atoms with Crippen LogP contribution in [0.3, 0.4) is 0 Å². The molecule has 0 bridgehead atoms. The minimum atomic E-state index is -1.35. The van der Waals surface area contributed by atoms with Crippen LogP contribution in [-0.4, -0.2) is 40.0 Å². The van der Waals surface area contributed by atoms with Crippen LogP contribution in [-0.2, 0) is 4.74 Å². The van der Waals surface area contributed by atoms with Gasteiger partial charge in [-0.3, -0.25) is 0 Å². The Morgan fingerprint density at radius 1 is 1.08 bits per heavy atom. The zero-order valence-corrected chi connectivity index (χ0v) is 13.3. The number of carbonyl (C=O) groups is 2. The second-order valence-corrected chi connectivity index (χ2v) is 5.50. The summed E-state index contributed by atoms with van der Waals surface area (Å²) in [5.74, 6) is -2.25. The molecule has 0 aliphatic heterocycles. The lowest BCUT2D eigenvalue weighted by molar-refractivity contribution is 0.0383. The first-order valence-electron chi connectivity index (χ1n) is 7.29. The van der Waals surface area contributed by atoms with Crippen LogP contribution in [0.2, 0.25) is 0 Å². The number of aliphatic hydroxyl groups excluding tert-OH is 2. The molecule has 0 saturated heterocycles. The predicted molar refractivity (Wildman–Crippen MR) is 87.8 cm³/mol. The third kappa shape index (κ3) is 3.61. The number of allylic oxidation sites excluding steroid dienone is 1. The summed E-state index contributed by atoms with van der Waals surface area (Å²) < 4.78 is 5.16. The predicted octanol–water partition coefficient (Wildman–Crippen LogP) is 2.34. The third-order valence-electron chi connectivity index (χ3n) is 3.51. The molecule has 0 amide bonds. The van der Waals surface area contributed by atoms with Crippen molar-refractivity contribution >= 4 is 22.7 Å². The summed E-state index contributed by atoms with van der Waals surface area (Å²) in [7, 11) is 0. The number of rotatable bonds is 5. The highest BCUT2D eigenvalue weighted by atomic mass is 16.5. The summed E-state index contributed by atoms with van der Waals surface area (Å²) in [5.41, 5.74) is 0.193. The summed E-state index contributed by atoms with van der Waals surface area (Å²) in [6.07, 6.45) is -1.35. The molecule has 2 aromatic carbocycles. The summed E-state index contributed by atoms with van der Waals surface area (Å²) >= 11 is 0. The standard InChI is InChI=1S/C18H18O6/c1-10(2)16(15(20)9-19)24-18(23)14-8-12-6-4-3-5-11(12)7-13(14)17(21)22/h3-8,15,19-20H,9H2,1-2H3,(H,21,22). The van der Waals surface area contributed by atoms with Crippen LogP contribution < -0.4 is 0 Å². The maximum absolute atomic E-state index is 12.4. The van der Waals surface area contributed by atoms with Crippen molar-refractivity contribution in [1.29, 1.82) is 0 Å². The van der Waals surface area contributed by atoms with Crippen molar-refractivity contribution in [3.05, 3.63) is 58.9 Å². The largest absolute Gasteiger partial charge is 0.478 e. The lowest BCUT2D eigenvalue weighted by atomic mass is 10.0. The zero-order chi connectivity index (χ0) is 17.9. The molecule has 0 aliphatic rings. The fourth-order valence-electron chi connectivity index (χ4n) is 2.33. The van der Waals surface area contributed by atoms with Crippen molar-refractivity contribution in [3.8, 4) is 0 Å². The van der Waals surface area contributed by atoms with Crippen molar-refractivity contribution < 1.29 is 29.6 Å². The Morgan fingerprint density at radius 2 is 1.62 bits per heavy atom. The SMILES string of the molecule is CC(C)=C(OC(=O)c1cc2ccccc2cc1C(=O)O)C(O)CO. The van der Waals surface area contributed by atoms with Crippen LogP contribution >= 0.6 is 0 Å². The number of aromatic carboxylic acids is 1. The van der Waals surface area contributed by atoms with Gasteiger partial charge in [0.25, 0.3) is 0 Å². The molecule has 0 radical (unpaired) electrons. The van der Waals surface area contributed by atoms with E-state index in [1.54, 1.807) is 38.1 Å². The van der Waals surface area contributed by atoms with Gasteiger partial charge in [-0.1, -0.05) is 24.3 Å². The van der Waals surface area contributed by atoms with Gasteiger partial charge in [0.15, 0.2) is 0 Å². The van der Waals surface area contributed by atoms with Crippen LogP contribution in [0.25, 0.3) is 10.8 Å². The van der Waals surface area contributed by atoms with E-state index in [2.05, 4.69) is 0 Å². The number of carbonyl (C=O) groups excluding carboxylic acids is 1. The zero-order valence-electron chi connectivity index (χ0n) is 13.3. The Morgan fingerprint density at radius 3 is 2.08 bits per heavy atom. The highest BCUT2D eigenvalue weighted by Gasteiger charge is 2.23. The average Bonchev–Trinajstić information content (AvgIpc) is 2.57. The summed E-state index contributed by atoms with van der Waals surface area (Å²) in [6.45, 7) is 2.61. The molecular weight excluding hydrogens is 312 g/mol. The van der Waals surface area contributed by atoms with E-state index in [4.69, 9.17) is 9.84 Å². The van der Waals surface area contributed by atoms with Crippen LogP contribution in [0.4, 0.5) is 0 Å². The number of carboxylic acids is 1. The van der Waals surface area contributed by atoms with Gasteiger partial charge in [-0.15, -0.1) is 0 Å². The average molecular weight is 330 g/mol. The topological polar surface area (TPSA) is 104 Å². The van der Waals surface area contributed by atoms with Gasteiger partial charge in [-0.05, 0) is 42.3 Å². The molecule has 0 fully saturated rings. The van der Waals surface area contributed by atoms with E-state index >= 15 is 0 Å². The number of hydrogen-bond acceptors (Lipinski definition) is 5. The van der Waals surface area contributed by atoms with Crippen molar-refractivity contribution in [2.45, 2.75) is 20.0 Å². The normalized spacial score (nSPS) is 11.8. The van der Waals surface area contributed by atoms with Gasteiger partial charge in [0, 0.05) is 0 Å². The molecule has 6 nitrogen and oxygen atoms in total. The highest BCUT2D eigenvalue weighted by Crippen LogP contribution is 2.23. The van der Waals surface area contributed by atoms with Gasteiger partial charge in [-0.2, -0.15) is 0 Å². The third-order valence-corrected chi connectivity index (χ3v) is 3.51. The number of fused-ring (bicyclic) bond motifs is 1.